The first kappa shape index (κ1) is 6.84. The lowest BCUT2D eigenvalue weighted by Gasteiger charge is -1.98. The van der Waals surface area contributed by atoms with Crippen LogP contribution in [0.3, 0.4) is 0 Å². The predicted molar refractivity (Wildman–Crippen MR) is 23.4 cm³/mol. The van der Waals surface area contributed by atoms with Crippen LogP contribution in [0.25, 0.3) is 0 Å². The summed E-state index contributed by atoms with van der Waals surface area (Å²) in [6.45, 7) is -0.938. The smallest absolute Gasteiger partial charge is 0.228 e. The van der Waals surface area contributed by atoms with Gasteiger partial charge in [0.1, 0.15) is 0 Å². The molecule has 0 aromatic carbocycles. The monoisotopic (exact) mass is 107 g/mol. The van der Waals surface area contributed by atoms with Crippen molar-refractivity contribution in [3.63, 3.8) is 0 Å². The van der Waals surface area contributed by atoms with Gasteiger partial charge in [0.15, 0.2) is 0 Å². The zero-order chi connectivity index (χ0) is 5.70. The summed E-state index contributed by atoms with van der Waals surface area (Å²) >= 11 is 0. The van der Waals surface area contributed by atoms with Gasteiger partial charge in [0.2, 0.25) is 20.2 Å². The highest BCUT2D eigenvalue weighted by atomic mass is 16.3. The normalized spacial score (nSPS) is 10.3. The molecule has 0 bridgehead atoms. The van der Waals surface area contributed by atoms with Crippen LogP contribution in [0.2, 0.25) is 0 Å². The molecule has 0 aromatic rings. The third-order valence-corrected chi connectivity index (χ3v) is 0.600. The van der Waals surface area contributed by atoms with Crippen molar-refractivity contribution in [2.24, 2.45) is 0 Å². The van der Waals surface area contributed by atoms with Crippen LogP contribution in [0.5, 0.6) is 0 Å². The molecular formula is C3H9NO3+. The van der Waals surface area contributed by atoms with Crippen molar-refractivity contribution in [3.05, 3.63) is 0 Å². The average molecular weight is 107 g/mol. The molecule has 0 aliphatic rings. The first-order chi connectivity index (χ1) is 3.35. The van der Waals surface area contributed by atoms with Crippen LogP contribution < -0.4 is 4.90 Å². The molecule has 0 atom stereocenters. The molecule has 0 aromatic heterocycles. The quantitative estimate of drug-likeness (QED) is 0.288. The summed E-state index contributed by atoms with van der Waals surface area (Å²) < 4.78 is 0. The third-order valence-electron chi connectivity index (χ3n) is 0.600. The van der Waals surface area contributed by atoms with E-state index in [0.29, 0.717) is 0 Å². The highest BCUT2D eigenvalue weighted by Gasteiger charge is 2.05. The van der Waals surface area contributed by atoms with E-state index in [9.17, 15) is 0 Å². The Balaban J connectivity index is 2.99. The fraction of sp³-hybridized carbons (Fsp3) is 1.00. The minimum atomic E-state index is -0.312. The maximum Gasteiger partial charge on any atom is 0.228 e. The van der Waals surface area contributed by atoms with E-state index in [1.807, 2.05) is 0 Å². The number of hydrogen-bond acceptors (Lipinski definition) is 4. The van der Waals surface area contributed by atoms with Crippen LogP contribution in [0.15, 0.2) is 0 Å². The molecular weight excluding hydrogens is 98.0 g/mol. The Hall–Kier alpha value is -0.160. The van der Waals surface area contributed by atoms with Gasteiger partial charge in [0.05, 0.1) is 0 Å². The van der Waals surface area contributed by atoms with Gasteiger partial charge in [-0.15, -0.1) is 0 Å². The van der Waals surface area contributed by atoms with E-state index < -0.39 is 0 Å². The number of rotatable bonds is 3. The lowest BCUT2D eigenvalue weighted by atomic mass is 10.9. The topological polar surface area (TPSA) is 66.6 Å². The Bertz CT molecular complexity index is 31.7. The van der Waals surface area contributed by atoms with E-state index in [2.05, 4.69) is 0 Å². The SMILES string of the molecule is OC[N+](CO)CO. The Morgan fingerprint density at radius 1 is 0.857 bits per heavy atom. The van der Waals surface area contributed by atoms with Gasteiger partial charge in [-0.05, 0) is 0 Å². The largest absolute Gasteiger partial charge is 0.343 e. The number of aliphatic hydroxyl groups excluding tert-OH is 3. The van der Waals surface area contributed by atoms with Crippen molar-refractivity contribution < 1.29 is 15.3 Å². The molecule has 0 aliphatic heterocycles. The molecule has 0 spiro atoms. The molecule has 0 aliphatic carbocycles. The lowest BCUT2D eigenvalue weighted by molar-refractivity contribution is 0.0425. The first-order valence-corrected chi connectivity index (χ1v) is 1.90. The third kappa shape index (κ3) is 2.52. The second kappa shape index (κ2) is 4.01. The molecule has 0 heterocycles. The van der Waals surface area contributed by atoms with Crippen molar-refractivity contribution in [1.82, 2.24) is 4.90 Å². The van der Waals surface area contributed by atoms with Crippen LogP contribution in [-0.2, 0) is 0 Å². The Labute approximate surface area is 41.6 Å². The van der Waals surface area contributed by atoms with Gasteiger partial charge in [0.25, 0.3) is 0 Å². The predicted octanol–water partition coefficient (Wildman–Crippen LogP) is -2.02. The fourth-order valence-electron chi connectivity index (χ4n) is 0.134. The van der Waals surface area contributed by atoms with Crippen LogP contribution >= 0.6 is 0 Å². The highest BCUT2D eigenvalue weighted by molar-refractivity contribution is 4.38. The van der Waals surface area contributed by atoms with Gasteiger partial charge < -0.3 is 15.3 Å². The van der Waals surface area contributed by atoms with Crippen LogP contribution in [0, 0.1) is 0 Å². The zero-order valence-electron chi connectivity index (χ0n) is 3.91. The molecule has 0 saturated carbocycles. The number of nitrogens with zero attached hydrogens (tertiary/aromatic N) is 1. The lowest BCUT2D eigenvalue weighted by Crippen LogP contribution is -2.32. The zero-order valence-corrected chi connectivity index (χ0v) is 3.91. The van der Waals surface area contributed by atoms with E-state index in [-0.39, 0.29) is 20.2 Å². The second-order valence-corrected chi connectivity index (χ2v) is 1.10. The van der Waals surface area contributed by atoms with Gasteiger partial charge in [-0.3, -0.25) is 0 Å². The summed E-state index contributed by atoms with van der Waals surface area (Å²) in [5.41, 5.74) is 0. The Morgan fingerprint density at radius 3 is 1.14 bits per heavy atom. The van der Waals surface area contributed by atoms with E-state index >= 15 is 0 Å². The molecule has 0 unspecified atom stereocenters. The maximum atomic E-state index is 8.13. The van der Waals surface area contributed by atoms with E-state index in [1.54, 1.807) is 0 Å². The summed E-state index contributed by atoms with van der Waals surface area (Å²) in [6.07, 6.45) is 0. The number of hydrogen-bond donors (Lipinski definition) is 3. The summed E-state index contributed by atoms with van der Waals surface area (Å²) in [5, 5.41) is 24.4. The molecule has 4 heteroatoms. The molecule has 4 nitrogen and oxygen atoms in total. The summed E-state index contributed by atoms with van der Waals surface area (Å²) in [4.78, 5) is 1.04. The maximum absolute atomic E-state index is 8.13. The summed E-state index contributed by atoms with van der Waals surface area (Å²) in [6, 6.07) is 0. The van der Waals surface area contributed by atoms with Crippen LogP contribution in [-0.4, -0.2) is 35.5 Å². The van der Waals surface area contributed by atoms with Gasteiger partial charge in [0, 0.05) is 0 Å². The van der Waals surface area contributed by atoms with Crippen molar-refractivity contribution in [2.45, 2.75) is 0 Å². The molecule has 7 heavy (non-hydrogen) atoms. The second-order valence-electron chi connectivity index (χ2n) is 1.10. The van der Waals surface area contributed by atoms with E-state index in [0.717, 1.165) is 4.90 Å². The molecule has 43 valence electrons. The molecule has 0 rings (SSSR count). The van der Waals surface area contributed by atoms with Crippen LogP contribution in [0.4, 0.5) is 0 Å². The van der Waals surface area contributed by atoms with Crippen LogP contribution in [0.1, 0.15) is 0 Å². The number of aliphatic hydroxyl groups is 3. The summed E-state index contributed by atoms with van der Waals surface area (Å²) in [7, 11) is 0. The fourth-order valence-corrected chi connectivity index (χ4v) is 0.134. The van der Waals surface area contributed by atoms with Gasteiger partial charge in [-0.1, -0.05) is 4.90 Å². The molecule has 0 fully saturated rings. The van der Waals surface area contributed by atoms with Crippen molar-refractivity contribution in [1.29, 1.82) is 0 Å². The first-order valence-electron chi connectivity index (χ1n) is 1.90. The van der Waals surface area contributed by atoms with Gasteiger partial charge >= 0.3 is 0 Å². The standard InChI is InChI=1S/C3H9NO3/c5-1-4(2-6)3-7/h5-7H,1-3H2/q+1. The Morgan fingerprint density at radius 2 is 1.14 bits per heavy atom. The van der Waals surface area contributed by atoms with Crippen molar-refractivity contribution in [3.8, 4) is 0 Å². The molecule has 0 amide bonds. The van der Waals surface area contributed by atoms with E-state index in [1.165, 1.54) is 0 Å². The summed E-state index contributed by atoms with van der Waals surface area (Å²) in [5.74, 6) is 0. The molecule has 0 saturated heterocycles. The van der Waals surface area contributed by atoms with Gasteiger partial charge in [-0.25, -0.2) is 0 Å². The highest BCUT2D eigenvalue weighted by Crippen LogP contribution is 1.69. The van der Waals surface area contributed by atoms with E-state index in [4.69, 9.17) is 15.3 Å². The minimum Gasteiger partial charge on any atom is -0.343 e. The molecule has 3 N–H and O–H groups in total. The van der Waals surface area contributed by atoms with Gasteiger partial charge in [-0.2, -0.15) is 0 Å². The average Bonchev–Trinajstić information content (AvgIpc) is 1.72. The molecule has 1 radical (unpaired) electrons. The minimum absolute atomic E-state index is 0.312. The van der Waals surface area contributed by atoms with Crippen molar-refractivity contribution in [2.75, 3.05) is 20.2 Å². The van der Waals surface area contributed by atoms with Crippen molar-refractivity contribution >= 4 is 0 Å². The Kier molecular flexibility index (Phi) is 3.92.